The number of aliphatic hydroxyl groups is 2. The van der Waals surface area contributed by atoms with Crippen molar-refractivity contribution in [1.29, 1.82) is 0 Å². The lowest BCUT2D eigenvalue weighted by molar-refractivity contribution is 0.191. The van der Waals surface area contributed by atoms with E-state index in [0.717, 1.165) is 5.69 Å². The number of hydrogen-bond acceptors (Lipinski definition) is 3. The van der Waals surface area contributed by atoms with Crippen LogP contribution in [0.3, 0.4) is 0 Å². The molecular weight excluding hydrogens is 166 g/mol. The first-order valence-electron chi connectivity index (χ1n) is 4.29. The molecule has 0 aliphatic carbocycles. The molecule has 0 aromatic heterocycles. The molecule has 13 heavy (non-hydrogen) atoms. The van der Waals surface area contributed by atoms with Gasteiger partial charge in [-0.1, -0.05) is 18.2 Å². The average Bonchev–Trinajstić information content (AvgIpc) is 2.21. The van der Waals surface area contributed by atoms with Gasteiger partial charge in [-0.3, -0.25) is 0 Å². The summed E-state index contributed by atoms with van der Waals surface area (Å²) in [5.41, 5.74) is 0.996. The Bertz CT molecular complexity index is 234. The number of likely N-dealkylation sites (N-methyl/N-ethyl adjacent to an activating group) is 1. The summed E-state index contributed by atoms with van der Waals surface area (Å²) < 4.78 is 0. The maximum atomic E-state index is 8.96. The Morgan fingerprint density at radius 3 is 2.15 bits per heavy atom. The minimum absolute atomic E-state index is 0.0398. The zero-order valence-corrected chi connectivity index (χ0v) is 7.72. The lowest BCUT2D eigenvalue weighted by Gasteiger charge is -2.26. The minimum atomic E-state index is -0.220. The molecule has 3 heteroatoms. The predicted octanol–water partition coefficient (Wildman–Crippen LogP) is 0.476. The van der Waals surface area contributed by atoms with Crippen LogP contribution in [0, 0.1) is 0 Å². The standard InChI is InChI=1S/C10H15NO2/c1-11(10(7-12)8-13)9-5-3-2-4-6-9/h2-6,10,12-13H,7-8H2,1H3. The zero-order chi connectivity index (χ0) is 9.68. The Labute approximate surface area is 78.2 Å². The quantitative estimate of drug-likeness (QED) is 0.710. The highest BCUT2D eigenvalue weighted by molar-refractivity contribution is 5.46. The van der Waals surface area contributed by atoms with Crippen LogP contribution in [0.2, 0.25) is 0 Å². The van der Waals surface area contributed by atoms with Crippen molar-refractivity contribution >= 4 is 5.69 Å². The first-order valence-corrected chi connectivity index (χ1v) is 4.29. The van der Waals surface area contributed by atoms with Crippen molar-refractivity contribution in [3.63, 3.8) is 0 Å². The summed E-state index contributed by atoms with van der Waals surface area (Å²) >= 11 is 0. The van der Waals surface area contributed by atoms with E-state index in [-0.39, 0.29) is 19.3 Å². The fraction of sp³-hybridized carbons (Fsp3) is 0.400. The van der Waals surface area contributed by atoms with Gasteiger partial charge in [-0.05, 0) is 12.1 Å². The van der Waals surface area contributed by atoms with E-state index in [4.69, 9.17) is 10.2 Å². The van der Waals surface area contributed by atoms with Crippen molar-refractivity contribution in [3.8, 4) is 0 Å². The number of rotatable bonds is 4. The zero-order valence-electron chi connectivity index (χ0n) is 7.72. The van der Waals surface area contributed by atoms with Gasteiger partial charge in [0.05, 0.1) is 19.3 Å². The van der Waals surface area contributed by atoms with Crippen molar-refractivity contribution in [1.82, 2.24) is 0 Å². The summed E-state index contributed by atoms with van der Waals surface area (Å²) in [5.74, 6) is 0. The van der Waals surface area contributed by atoms with Crippen LogP contribution >= 0.6 is 0 Å². The molecule has 0 saturated heterocycles. The van der Waals surface area contributed by atoms with Gasteiger partial charge in [0.15, 0.2) is 0 Å². The van der Waals surface area contributed by atoms with Crippen molar-refractivity contribution in [2.75, 3.05) is 25.2 Å². The smallest absolute Gasteiger partial charge is 0.0748 e. The number of benzene rings is 1. The molecular formula is C10H15NO2. The van der Waals surface area contributed by atoms with E-state index in [1.165, 1.54) is 0 Å². The second-order valence-electron chi connectivity index (χ2n) is 2.97. The molecule has 0 aliphatic rings. The molecule has 3 nitrogen and oxygen atoms in total. The molecule has 0 bridgehead atoms. The third kappa shape index (κ3) is 2.44. The van der Waals surface area contributed by atoms with E-state index < -0.39 is 0 Å². The molecule has 0 fully saturated rings. The molecule has 0 unspecified atom stereocenters. The van der Waals surface area contributed by atoms with Gasteiger partial charge in [-0.25, -0.2) is 0 Å². The van der Waals surface area contributed by atoms with E-state index >= 15 is 0 Å². The fourth-order valence-electron chi connectivity index (χ4n) is 1.18. The Morgan fingerprint density at radius 1 is 1.15 bits per heavy atom. The minimum Gasteiger partial charge on any atom is -0.394 e. The van der Waals surface area contributed by atoms with Crippen LogP contribution in [0.1, 0.15) is 0 Å². The lowest BCUT2D eigenvalue weighted by Crippen LogP contribution is -2.37. The van der Waals surface area contributed by atoms with Gasteiger partial charge in [-0.15, -0.1) is 0 Å². The molecule has 1 aromatic carbocycles. The van der Waals surface area contributed by atoms with Gasteiger partial charge >= 0.3 is 0 Å². The summed E-state index contributed by atoms with van der Waals surface area (Å²) in [6.45, 7) is -0.0796. The van der Waals surface area contributed by atoms with E-state index in [1.54, 1.807) is 0 Å². The Morgan fingerprint density at radius 2 is 1.69 bits per heavy atom. The second kappa shape index (κ2) is 4.84. The van der Waals surface area contributed by atoms with E-state index in [2.05, 4.69) is 0 Å². The maximum Gasteiger partial charge on any atom is 0.0748 e. The van der Waals surface area contributed by atoms with Crippen LogP contribution in [0.4, 0.5) is 5.69 Å². The summed E-state index contributed by atoms with van der Waals surface area (Å²) in [6.07, 6.45) is 0. The first kappa shape index (κ1) is 10.0. The van der Waals surface area contributed by atoms with E-state index in [9.17, 15) is 0 Å². The van der Waals surface area contributed by atoms with Crippen molar-refractivity contribution in [2.24, 2.45) is 0 Å². The van der Waals surface area contributed by atoms with E-state index in [0.29, 0.717) is 0 Å². The molecule has 0 heterocycles. The van der Waals surface area contributed by atoms with Crippen molar-refractivity contribution in [3.05, 3.63) is 30.3 Å². The summed E-state index contributed by atoms with van der Waals surface area (Å²) in [4.78, 5) is 1.86. The first-order chi connectivity index (χ1) is 6.29. The largest absolute Gasteiger partial charge is 0.394 e. The monoisotopic (exact) mass is 181 g/mol. The fourth-order valence-corrected chi connectivity index (χ4v) is 1.18. The number of para-hydroxylation sites is 1. The molecule has 2 N–H and O–H groups in total. The van der Waals surface area contributed by atoms with Crippen LogP contribution < -0.4 is 4.90 Å². The van der Waals surface area contributed by atoms with Gasteiger partial charge in [-0.2, -0.15) is 0 Å². The third-order valence-corrected chi connectivity index (χ3v) is 2.13. The van der Waals surface area contributed by atoms with Crippen LogP contribution in [0.25, 0.3) is 0 Å². The SMILES string of the molecule is CN(c1ccccc1)C(CO)CO. The number of nitrogens with zero attached hydrogens (tertiary/aromatic N) is 1. The predicted molar refractivity (Wildman–Crippen MR) is 52.8 cm³/mol. The van der Waals surface area contributed by atoms with Crippen LogP contribution in [-0.4, -0.2) is 36.5 Å². The van der Waals surface area contributed by atoms with Crippen LogP contribution in [0.5, 0.6) is 0 Å². The van der Waals surface area contributed by atoms with Gasteiger partial charge in [0, 0.05) is 12.7 Å². The highest BCUT2D eigenvalue weighted by Gasteiger charge is 2.11. The molecule has 72 valence electrons. The molecule has 0 aliphatic heterocycles. The summed E-state index contributed by atoms with van der Waals surface area (Å²) in [7, 11) is 1.85. The van der Waals surface area contributed by atoms with Crippen LogP contribution in [0.15, 0.2) is 30.3 Å². The number of anilines is 1. The normalized spacial score (nSPS) is 10.5. The van der Waals surface area contributed by atoms with E-state index in [1.807, 2.05) is 42.3 Å². The Balaban J connectivity index is 2.72. The van der Waals surface area contributed by atoms with Crippen molar-refractivity contribution in [2.45, 2.75) is 6.04 Å². The Hall–Kier alpha value is -1.06. The summed E-state index contributed by atoms with van der Waals surface area (Å²) in [5, 5.41) is 17.9. The molecule has 1 rings (SSSR count). The maximum absolute atomic E-state index is 8.96. The van der Waals surface area contributed by atoms with Gasteiger partial charge < -0.3 is 15.1 Å². The van der Waals surface area contributed by atoms with Crippen LogP contribution in [-0.2, 0) is 0 Å². The molecule has 0 atom stereocenters. The van der Waals surface area contributed by atoms with Crippen molar-refractivity contribution < 1.29 is 10.2 Å². The Kier molecular flexibility index (Phi) is 3.73. The highest BCUT2D eigenvalue weighted by Crippen LogP contribution is 2.13. The highest BCUT2D eigenvalue weighted by atomic mass is 16.3. The number of hydrogen-bond donors (Lipinski definition) is 2. The lowest BCUT2D eigenvalue weighted by atomic mass is 10.2. The van der Waals surface area contributed by atoms with Gasteiger partial charge in [0.2, 0.25) is 0 Å². The topological polar surface area (TPSA) is 43.7 Å². The van der Waals surface area contributed by atoms with Gasteiger partial charge in [0.1, 0.15) is 0 Å². The number of aliphatic hydroxyl groups excluding tert-OH is 2. The summed E-state index contributed by atoms with van der Waals surface area (Å²) in [6, 6.07) is 9.46. The van der Waals surface area contributed by atoms with Gasteiger partial charge in [0.25, 0.3) is 0 Å². The molecule has 0 saturated carbocycles. The molecule has 0 spiro atoms. The molecule has 0 amide bonds. The molecule has 0 radical (unpaired) electrons. The molecule has 1 aromatic rings. The average molecular weight is 181 g/mol. The third-order valence-electron chi connectivity index (χ3n) is 2.13. The second-order valence-corrected chi connectivity index (χ2v) is 2.97.